The van der Waals surface area contributed by atoms with Crippen LogP contribution in [0.5, 0.6) is 11.5 Å². The molecule has 0 radical (unpaired) electrons. The zero-order chi connectivity index (χ0) is 18.1. The zero-order valence-electron chi connectivity index (χ0n) is 14.6. The fraction of sp³-hybridized carbons (Fsp3) is 0.350. The van der Waals surface area contributed by atoms with Gasteiger partial charge in [-0.25, -0.2) is 4.79 Å². The molecular weight excluding hydrogens is 352 g/mol. The minimum Gasteiger partial charge on any atom is -0.496 e. The van der Waals surface area contributed by atoms with Gasteiger partial charge >= 0.3 is 6.03 Å². The van der Waals surface area contributed by atoms with Crippen molar-refractivity contribution in [2.75, 3.05) is 25.6 Å². The van der Waals surface area contributed by atoms with Gasteiger partial charge in [0.2, 0.25) is 0 Å². The number of likely N-dealkylation sites (tertiary alicyclic amines) is 1. The van der Waals surface area contributed by atoms with Crippen molar-refractivity contribution in [1.29, 1.82) is 0 Å². The van der Waals surface area contributed by atoms with Crippen LogP contribution in [0.3, 0.4) is 0 Å². The molecule has 0 spiro atoms. The molecule has 26 heavy (non-hydrogen) atoms. The molecule has 5 nitrogen and oxygen atoms in total. The first-order valence-electron chi connectivity index (χ1n) is 8.83. The number of nitrogens with zero attached hydrogens (tertiary/aromatic N) is 1. The number of hydrogen-bond donors (Lipinski definition) is 1. The van der Waals surface area contributed by atoms with Crippen LogP contribution in [0, 0.1) is 0 Å². The first-order chi connectivity index (χ1) is 12.7. The number of rotatable bonds is 3. The minimum atomic E-state index is -0.140. The molecule has 1 fully saturated rings. The van der Waals surface area contributed by atoms with E-state index < -0.39 is 0 Å². The van der Waals surface area contributed by atoms with Gasteiger partial charge in [0.15, 0.2) is 0 Å². The molecule has 1 N–H and O–H groups in total. The molecule has 0 saturated carbocycles. The predicted molar refractivity (Wildman–Crippen MR) is 101 cm³/mol. The minimum absolute atomic E-state index is 0.000647. The first-order valence-corrected chi connectivity index (χ1v) is 9.21. The van der Waals surface area contributed by atoms with Crippen molar-refractivity contribution >= 4 is 23.3 Å². The first kappa shape index (κ1) is 17.0. The van der Waals surface area contributed by atoms with Crippen molar-refractivity contribution in [2.24, 2.45) is 0 Å². The van der Waals surface area contributed by atoms with E-state index in [9.17, 15) is 4.79 Å². The van der Waals surface area contributed by atoms with Crippen LogP contribution in [0.25, 0.3) is 0 Å². The van der Waals surface area contributed by atoms with Gasteiger partial charge in [0, 0.05) is 29.1 Å². The van der Waals surface area contributed by atoms with E-state index in [2.05, 4.69) is 5.32 Å². The smallest absolute Gasteiger partial charge is 0.322 e. The SMILES string of the molecule is COc1ccccc1C1CCCN1C(=O)Nc1cc(Cl)cc2c1OCC2. The topological polar surface area (TPSA) is 50.8 Å². The molecule has 4 rings (SSSR count). The van der Waals surface area contributed by atoms with Gasteiger partial charge in [-0.2, -0.15) is 0 Å². The summed E-state index contributed by atoms with van der Waals surface area (Å²) in [6.45, 7) is 1.32. The molecule has 2 amide bonds. The van der Waals surface area contributed by atoms with Crippen molar-refractivity contribution in [2.45, 2.75) is 25.3 Å². The number of ether oxygens (including phenoxy) is 2. The number of urea groups is 1. The molecule has 1 unspecified atom stereocenters. The maximum absolute atomic E-state index is 13.0. The number of para-hydroxylation sites is 1. The van der Waals surface area contributed by atoms with Crippen LogP contribution in [-0.2, 0) is 6.42 Å². The number of nitrogens with one attached hydrogen (secondary N) is 1. The number of carbonyl (C=O) groups excluding carboxylic acids is 1. The second-order valence-electron chi connectivity index (χ2n) is 6.56. The second kappa shape index (κ2) is 7.08. The van der Waals surface area contributed by atoms with Crippen molar-refractivity contribution in [3.63, 3.8) is 0 Å². The lowest BCUT2D eigenvalue weighted by molar-refractivity contribution is 0.206. The summed E-state index contributed by atoms with van der Waals surface area (Å²) in [5, 5.41) is 3.60. The number of methoxy groups -OCH3 is 1. The van der Waals surface area contributed by atoms with E-state index in [0.717, 1.165) is 41.9 Å². The van der Waals surface area contributed by atoms with Gasteiger partial charge in [0.05, 0.1) is 25.4 Å². The molecule has 2 heterocycles. The van der Waals surface area contributed by atoms with Gasteiger partial charge in [-0.3, -0.25) is 0 Å². The maximum atomic E-state index is 13.0. The monoisotopic (exact) mass is 372 g/mol. The molecule has 0 aliphatic carbocycles. The highest BCUT2D eigenvalue weighted by Crippen LogP contribution is 2.39. The van der Waals surface area contributed by atoms with E-state index in [1.54, 1.807) is 13.2 Å². The highest BCUT2D eigenvalue weighted by atomic mass is 35.5. The van der Waals surface area contributed by atoms with Gasteiger partial charge in [-0.15, -0.1) is 0 Å². The van der Waals surface area contributed by atoms with Gasteiger partial charge in [0.25, 0.3) is 0 Å². The molecule has 0 aromatic heterocycles. The molecule has 136 valence electrons. The number of fused-ring (bicyclic) bond motifs is 1. The number of amides is 2. The summed E-state index contributed by atoms with van der Waals surface area (Å²) < 4.78 is 11.2. The van der Waals surface area contributed by atoms with Crippen LogP contribution in [0.15, 0.2) is 36.4 Å². The van der Waals surface area contributed by atoms with E-state index in [1.165, 1.54) is 0 Å². The quantitative estimate of drug-likeness (QED) is 0.853. The summed E-state index contributed by atoms with van der Waals surface area (Å²) in [6.07, 6.45) is 2.69. The summed E-state index contributed by atoms with van der Waals surface area (Å²) in [5.41, 5.74) is 2.71. The van der Waals surface area contributed by atoms with Gasteiger partial charge in [-0.05, 0) is 31.0 Å². The van der Waals surface area contributed by atoms with Crippen LogP contribution >= 0.6 is 11.6 Å². The third-order valence-electron chi connectivity index (χ3n) is 5.00. The lowest BCUT2D eigenvalue weighted by Gasteiger charge is -2.27. The molecule has 0 bridgehead atoms. The summed E-state index contributed by atoms with van der Waals surface area (Å²) in [5.74, 6) is 1.54. The van der Waals surface area contributed by atoms with Crippen molar-refractivity contribution in [3.8, 4) is 11.5 Å². The number of anilines is 1. The third kappa shape index (κ3) is 3.07. The van der Waals surface area contributed by atoms with Gasteiger partial charge in [-0.1, -0.05) is 29.8 Å². The van der Waals surface area contributed by atoms with E-state index >= 15 is 0 Å². The Hall–Kier alpha value is -2.40. The standard InChI is InChI=1S/C20H21ClN2O3/c1-25-18-7-3-2-5-15(18)17-6-4-9-23(17)20(24)22-16-12-14(21)11-13-8-10-26-19(13)16/h2-3,5,7,11-12,17H,4,6,8-10H2,1H3,(H,22,24). The third-order valence-corrected chi connectivity index (χ3v) is 5.22. The number of halogens is 1. The van der Waals surface area contributed by atoms with Gasteiger partial charge in [0.1, 0.15) is 11.5 Å². The Bertz CT molecular complexity index is 840. The Balaban J connectivity index is 1.59. The van der Waals surface area contributed by atoms with Crippen LogP contribution in [0.1, 0.15) is 30.0 Å². The average Bonchev–Trinajstić information content (AvgIpc) is 3.30. The summed E-state index contributed by atoms with van der Waals surface area (Å²) in [6, 6.07) is 11.4. The van der Waals surface area contributed by atoms with Crippen molar-refractivity contribution in [1.82, 2.24) is 4.90 Å². The van der Waals surface area contributed by atoms with Crippen LogP contribution in [0.2, 0.25) is 5.02 Å². The average molecular weight is 373 g/mol. The fourth-order valence-corrected chi connectivity index (χ4v) is 4.06. The lowest BCUT2D eigenvalue weighted by atomic mass is 10.0. The van der Waals surface area contributed by atoms with E-state index in [0.29, 0.717) is 23.9 Å². The molecule has 2 aromatic rings. The van der Waals surface area contributed by atoms with E-state index in [1.807, 2.05) is 35.2 Å². The Morgan fingerprint density at radius 1 is 1.35 bits per heavy atom. The summed E-state index contributed by atoms with van der Waals surface area (Å²) in [4.78, 5) is 14.8. The highest BCUT2D eigenvalue weighted by Gasteiger charge is 2.32. The molecular formula is C20H21ClN2O3. The largest absolute Gasteiger partial charge is 0.496 e. The molecule has 2 aromatic carbocycles. The van der Waals surface area contributed by atoms with Crippen molar-refractivity contribution in [3.05, 3.63) is 52.5 Å². The molecule has 2 aliphatic rings. The Kier molecular flexibility index (Phi) is 4.64. The lowest BCUT2D eigenvalue weighted by Crippen LogP contribution is -2.34. The maximum Gasteiger partial charge on any atom is 0.322 e. The van der Waals surface area contributed by atoms with Crippen LogP contribution in [-0.4, -0.2) is 31.2 Å². The number of hydrogen-bond acceptors (Lipinski definition) is 3. The predicted octanol–water partition coefficient (Wildman–Crippen LogP) is 4.65. The normalized spacial score (nSPS) is 18.4. The number of carbonyl (C=O) groups is 1. The molecule has 2 aliphatic heterocycles. The summed E-state index contributed by atoms with van der Waals surface area (Å²) >= 11 is 6.20. The summed E-state index contributed by atoms with van der Waals surface area (Å²) in [7, 11) is 1.66. The Labute approximate surface area is 157 Å². The van der Waals surface area contributed by atoms with E-state index in [-0.39, 0.29) is 12.1 Å². The van der Waals surface area contributed by atoms with Gasteiger partial charge < -0.3 is 19.7 Å². The van der Waals surface area contributed by atoms with Crippen LogP contribution < -0.4 is 14.8 Å². The Morgan fingerprint density at radius 3 is 3.04 bits per heavy atom. The highest BCUT2D eigenvalue weighted by molar-refractivity contribution is 6.31. The number of benzene rings is 2. The zero-order valence-corrected chi connectivity index (χ0v) is 15.4. The van der Waals surface area contributed by atoms with Crippen LogP contribution in [0.4, 0.5) is 10.5 Å². The van der Waals surface area contributed by atoms with E-state index in [4.69, 9.17) is 21.1 Å². The van der Waals surface area contributed by atoms with Crippen molar-refractivity contribution < 1.29 is 14.3 Å². The fourth-order valence-electron chi connectivity index (χ4n) is 3.82. The molecule has 1 saturated heterocycles. The molecule has 1 atom stereocenters. The second-order valence-corrected chi connectivity index (χ2v) is 7.00. The Morgan fingerprint density at radius 2 is 2.19 bits per heavy atom. The molecule has 6 heteroatoms.